The van der Waals surface area contributed by atoms with Crippen molar-refractivity contribution < 1.29 is 28.7 Å². The predicted molar refractivity (Wildman–Crippen MR) is 170 cm³/mol. The fraction of sp³-hybridized carbons (Fsp3) is 0.514. The average Bonchev–Trinajstić information content (AvgIpc) is 3.09. The van der Waals surface area contributed by atoms with Crippen molar-refractivity contribution in [2.75, 3.05) is 28.2 Å². The van der Waals surface area contributed by atoms with Gasteiger partial charge in [0.25, 0.3) is 23.6 Å². The highest BCUT2D eigenvalue weighted by molar-refractivity contribution is 6.15. The van der Waals surface area contributed by atoms with E-state index < -0.39 is 29.2 Å². The Morgan fingerprint density at radius 1 is 0.667 bits per heavy atom. The summed E-state index contributed by atoms with van der Waals surface area (Å²) >= 11 is 0. The van der Waals surface area contributed by atoms with E-state index in [0.717, 1.165) is 56.9 Å². The van der Waals surface area contributed by atoms with Gasteiger partial charge in [0.2, 0.25) is 0 Å². The van der Waals surface area contributed by atoms with E-state index in [1.165, 1.54) is 28.2 Å². The molecule has 2 fully saturated rings. The molecule has 45 heavy (non-hydrogen) atoms. The molecule has 10 heteroatoms. The molecule has 10 nitrogen and oxygen atoms in total. The van der Waals surface area contributed by atoms with Crippen molar-refractivity contribution in [1.29, 1.82) is 0 Å². The Morgan fingerprint density at radius 2 is 1.20 bits per heavy atom. The van der Waals surface area contributed by atoms with Gasteiger partial charge in [0.1, 0.15) is 11.4 Å². The number of ketones is 1. The molecule has 2 unspecified atom stereocenters. The first-order valence-corrected chi connectivity index (χ1v) is 16.1. The van der Waals surface area contributed by atoms with Crippen LogP contribution in [-0.2, 0) is 11.0 Å². The summed E-state index contributed by atoms with van der Waals surface area (Å²) in [5.74, 6) is -1.83. The zero-order valence-corrected chi connectivity index (χ0v) is 26.9. The highest BCUT2D eigenvalue weighted by Gasteiger charge is 2.61. The summed E-state index contributed by atoms with van der Waals surface area (Å²) in [5.41, 5.74) is 0.686. The smallest absolute Gasteiger partial charge is 0.255 e. The summed E-state index contributed by atoms with van der Waals surface area (Å²) in [6.07, 6.45) is 8.06. The lowest BCUT2D eigenvalue weighted by Crippen LogP contribution is -2.58. The number of hydrogen-bond donors (Lipinski definition) is 4. The Bertz CT molecular complexity index is 1560. The topological polar surface area (TPSA) is 143 Å². The van der Waals surface area contributed by atoms with E-state index in [9.17, 15) is 24.0 Å². The SMILES string of the molecule is CCC(=O)c1c(C(=O)NC)ccc(C23CCCCC2C2(CCCCC2)c2ccc(C(=O)NC)c(C(=O)NC)c2O3)c1C(=O)NC. The van der Waals surface area contributed by atoms with Gasteiger partial charge in [-0.2, -0.15) is 0 Å². The van der Waals surface area contributed by atoms with Crippen LogP contribution in [0, 0.1) is 5.92 Å². The molecule has 2 atom stereocenters. The number of hydrogen-bond acceptors (Lipinski definition) is 6. The Balaban J connectivity index is 1.92. The molecule has 2 saturated carbocycles. The zero-order valence-electron chi connectivity index (χ0n) is 26.9. The molecular weight excluding hydrogens is 572 g/mol. The lowest BCUT2D eigenvalue weighted by molar-refractivity contribution is -0.0955. The van der Waals surface area contributed by atoms with Gasteiger partial charge in [-0.05, 0) is 44.2 Å². The minimum absolute atomic E-state index is 0.0742. The third-order valence-electron chi connectivity index (χ3n) is 10.4. The highest BCUT2D eigenvalue weighted by atomic mass is 16.5. The van der Waals surface area contributed by atoms with Crippen LogP contribution in [0.15, 0.2) is 24.3 Å². The van der Waals surface area contributed by atoms with Gasteiger partial charge >= 0.3 is 0 Å². The van der Waals surface area contributed by atoms with E-state index in [4.69, 9.17) is 4.74 Å². The monoisotopic (exact) mass is 616 g/mol. The van der Waals surface area contributed by atoms with Crippen LogP contribution in [0.25, 0.3) is 0 Å². The number of amides is 4. The van der Waals surface area contributed by atoms with Crippen LogP contribution < -0.4 is 26.0 Å². The lowest BCUT2D eigenvalue weighted by Gasteiger charge is -2.59. The number of carbonyl (C=O) groups excluding carboxylic acids is 5. The number of rotatable bonds is 7. The van der Waals surface area contributed by atoms with Crippen molar-refractivity contribution in [3.63, 3.8) is 0 Å². The third kappa shape index (κ3) is 4.98. The molecule has 240 valence electrons. The molecule has 0 bridgehead atoms. The first-order valence-electron chi connectivity index (χ1n) is 16.1. The Hall–Kier alpha value is -4.21. The molecule has 2 aliphatic carbocycles. The van der Waals surface area contributed by atoms with Crippen LogP contribution in [-0.4, -0.2) is 57.6 Å². The molecule has 4 amide bonds. The molecule has 2 aromatic rings. The van der Waals surface area contributed by atoms with E-state index in [1.807, 2.05) is 6.07 Å². The Morgan fingerprint density at radius 3 is 1.78 bits per heavy atom. The molecule has 3 aliphatic rings. The maximum absolute atomic E-state index is 13.9. The summed E-state index contributed by atoms with van der Waals surface area (Å²) in [6.45, 7) is 1.71. The summed E-state index contributed by atoms with van der Waals surface area (Å²) < 4.78 is 7.22. The summed E-state index contributed by atoms with van der Waals surface area (Å²) in [7, 11) is 6.04. The number of benzene rings is 2. The molecule has 0 radical (unpaired) electrons. The third-order valence-corrected chi connectivity index (χ3v) is 10.4. The number of ether oxygens (including phenoxy) is 1. The molecular formula is C35H44N4O6. The number of fused-ring (bicyclic) bond motifs is 4. The number of carbonyl (C=O) groups is 5. The quantitative estimate of drug-likeness (QED) is 0.340. The highest BCUT2D eigenvalue weighted by Crippen LogP contribution is 2.64. The van der Waals surface area contributed by atoms with Crippen LogP contribution >= 0.6 is 0 Å². The van der Waals surface area contributed by atoms with Crippen molar-refractivity contribution >= 4 is 29.4 Å². The van der Waals surface area contributed by atoms with Gasteiger partial charge in [-0.3, -0.25) is 24.0 Å². The average molecular weight is 617 g/mol. The van der Waals surface area contributed by atoms with Crippen molar-refractivity contribution in [3.05, 3.63) is 63.2 Å². The van der Waals surface area contributed by atoms with Crippen molar-refractivity contribution in [2.45, 2.75) is 82.1 Å². The molecule has 0 saturated heterocycles. The van der Waals surface area contributed by atoms with E-state index >= 15 is 0 Å². The van der Waals surface area contributed by atoms with Crippen LogP contribution in [0.1, 0.15) is 134 Å². The van der Waals surface area contributed by atoms with Gasteiger partial charge in [-0.15, -0.1) is 0 Å². The summed E-state index contributed by atoms with van der Waals surface area (Å²) in [6, 6.07) is 7.07. The standard InChI is InChI=1S/C35H44N4O6/c1-6-24(40)26-20(30(41)36-2)13-15-22(28(26)33(44)39-5)35-19-11-8-12-25(35)34(17-9-7-10-18-34)23-16-14-21(31(42)37-3)27(29(23)45-35)32(43)38-4/h13-16,25H,6-12,17-19H2,1-5H3,(H,36,41)(H,37,42)(H,38,43)(H,39,44). The Kier molecular flexibility index (Phi) is 9.05. The van der Waals surface area contributed by atoms with Gasteiger partial charge in [-0.1, -0.05) is 44.7 Å². The second kappa shape index (κ2) is 12.7. The first kappa shape index (κ1) is 32.2. The molecule has 0 aromatic heterocycles. The maximum atomic E-state index is 13.9. The fourth-order valence-electron chi connectivity index (χ4n) is 8.40. The van der Waals surface area contributed by atoms with Crippen LogP contribution in [0.4, 0.5) is 0 Å². The van der Waals surface area contributed by atoms with Crippen molar-refractivity contribution in [2.24, 2.45) is 5.92 Å². The van der Waals surface area contributed by atoms with Crippen LogP contribution in [0.5, 0.6) is 5.75 Å². The van der Waals surface area contributed by atoms with E-state index in [1.54, 1.807) is 25.1 Å². The maximum Gasteiger partial charge on any atom is 0.255 e. The van der Waals surface area contributed by atoms with Crippen LogP contribution in [0.2, 0.25) is 0 Å². The van der Waals surface area contributed by atoms with E-state index in [0.29, 0.717) is 17.7 Å². The Labute approximate surface area is 264 Å². The minimum atomic E-state index is -1.10. The molecule has 5 rings (SSSR count). The number of Topliss-reactive ketones (excluding diaryl/α,β-unsaturated/α-hetero) is 1. The lowest BCUT2D eigenvalue weighted by atomic mass is 9.51. The first-order chi connectivity index (χ1) is 21.6. The van der Waals surface area contributed by atoms with Crippen molar-refractivity contribution in [3.8, 4) is 5.75 Å². The molecule has 1 aliphatic heterocycles. The second-order valence-electron chi connectivity index (χ2n) is 12.4. The molecule has 4 N–H and O–H groups in total. The zero-order chi connectivity index (χ0) is 32.5. The minimum Gasteiger partial charge on any atom is -0.481 e. The van der Waals surface area contributed by atoms with Gasteiger partial charge in [0.15, 0.2) is 5.78 Å². The predicted octanol–water partition coefficient (Wildman–Crippen LogP) is 4.40. The fourth-order valence-corrected chi connectivity index (χ4v) is 8.40. The van der Waals surface area contributed by atoms with E-state index in [2.05, 4.69) is 21.3 Å². The number of nitrogens with one attached hydrogen (secondary N) is 4. The largest absolute Gasteiger partial charge is 0.481 e. The van der Waals surface area contributed by atoms with Crippen LogP contribution in [0.3, 0.4) is 0 Å². The molecule has 1 spiro atoms. The molecule has 1 heterocycles. The van der Waals surface area contributed by atoms with Gasteiger partial charge in [-0.25, -0.2) is 0 Å². The van der Waals surface area contributed by atoms with Gasteiger partial charge in [0, 0.05) is 62.6 Å². The summed E-state index contributed by atoms with van der Waals surface area (Å²) in [4.78, 5) is 67.3. The van der Waals surface area contributed by atoms with Gasteiger partial charge in [0.05, 0.1) is 22.3 Å². The summed E-state index contributed by atoms with van der Waals surface area (Å²) in [5, 5.41) is 10.7. The normalized spacial score (nSPS) is 21.4. The molecule has 2 aromatic carbocycles. The second-order valence-corrected chi connectivity index (χ2v) is 12.4. The van der Waals surface area contributed by atoms with Crippen molar-refractivity contribution in [1.82, 2.24) is 21.3 Å². The van der Waals surface area contributed by atoms with Gasteiger partial charge < -0.3 is 26.0 Å². The van der Waals surface area contributed by atoms with E-state index in [-0.39, 0.29) is 51.4 Å².